The summed E-state index contributed by atoms with van der Waals surface area (Å²) in [5.41, 5.74) is 5.14. The van der Waals surface area contributed by atoms with Crippen LogP contribution in [0.5, 0.6) is 0 Å². The standard InChI is InChI=1S/C12H18N2O2/c1-12(6-7-12)11(16)14-9-5-3-2-4-8(9)10(13)15/h2-3,8-9H,4-7H2,1H3,(H2,13,15)(H,14,16)/t8-,9-/m1/s1. The van der Waals surface area contributed by atoms with Gasteiger partial charge in [0.1, 0.15) is 0 Å². The van der Waals surface area contributed by atoms with E-state index in [1.165, 1.54) is 0 Å². The van der Waals surface area contributed by atoms with Crippen molar-refractivity contribution in [3.63, 3.8) is 0 Å². The molecule has 4 nitrogen and oxygen atoms in total. The molecule has 0 aromatic carbocycles. The molecule has 0 heterocycles. The van der Waals surface area contributed by atoms with Gasteiger partial charge in [-0.3, -0.25) is 9.59 Å². The monoisotopic (exact) mass is 222 g/mol. The molecule has 2 amide bonds. The minimum atomic E-state index is -0.324. The van der Waals surface area contributed by atoms with E-state index >= 15 is 0 Å². The van der Waals surface area contributed by atoms with Gasteiger partial charge in [0, 0.05) is 11.5 Å². The second kappa shape index (κ2) is 3.92. The van der Waals surface area contributed by atoms with Crippen molar-refractivity contribution in [3.8, 4) is 0 Å². The summed E-state index contributed by atoms with van der Waals surface area (Å²) in [6, 6.07) is -0.118. The number of carbonyl (C=O) groups is 2. The predicted molar refractivity (Wildman–Crippen MR) is 60.3 cm³/mol. The molecule has 0 unspecified atom stereocenters. The summed E-state index contributed by atoms with van der Waals surface area (Å²) in [5, 5.41) is 2.96. The quantitative estimate of drug-likeness (QED) is 0.691. The van der Waals surface area contributed by atoms with Crippen molar-refractivity contribution in [1.29, 1.82) is 0 Å². The highest BCUT2D eigenvalue weighted by Gasteiger charge is 2.46. The van der Waals surface area contributed by atoms with Crippen LogP contribution in [0.15, 0.2) is 12.2 Å². The van der Waals surface area contributed by atoms with Crippen LogP contribution in [0.2, 0.25) is 0 Å². The van der Waals surface area contributed by atoms with Crippen LogP contribution in [-0.2, 0) is 9.59 Å². The predicted octanol–water partition coefficient (Wildman–Crippen LogP) is 0.723. The molecule has 0 aromatic heterocycles. The van der Waals surface area contributed by atoms with Gasteiger partial charge in [0.25, 0.3) is 0 Å². The van der Waals surface area contributed by atoms with Gasteiger partial charge >= 0.3 is 0 Å². The Bertz CT molecular complexity index is 345. The highest BCUT2D eigenvalue weighted by molar-refractivity contribution is 5.86. The maximum Gasteiger partial charge on any atom is 0.226 e. The molecule has 0 spiro atoms. The summed E-state index contributed by atoms with van der Waals surface area (Å²) >= 11 is 0. The van der Waals surface area contributed by atoms with Gasteiger partial charge in [-0.25, -0.2) is 0 Å². The Hall–Kier alpha value is -1.32. The van der Waals surface area contributed by atoms with Crippen molar-refractivity contribution in [2.45, 2.75) is 38.6 Å². The molecule has 0 radical (unpaired) electrons. The van der Waals surface area contributed by atoms with E-state index in [4.69, 9.17) is 5.73 Å². The molecule has 2 rings (SSSR count). The average molecular weight is 222 g/mol. The third-order valence-electron chi connectivity index (χ3n) is 3.66. The van der Waals surface area contributed by atoms with Crippen molar-refractivity contribution in [2.24, 2.45) is 17.1 Å². The number of hydrogen-bond donors (Lipinski definition) is 2. The van der Waals surface area contributed by atoms with Crippen LogP contribution in [-0.4, -0.2) is 17.9 Å². The third-order valence-corrected chi connectivity index (χ3v) is 3.66. The van der Waals surface area contributed by atoms with Crippen molar-refractivity contribution in [1.82, 2.24) is 5.32 Å². The summed E-state index contributed by atoms with van der Waals surface area (Å²) in [7, 11) is 0. The molecule has 2 atom stereocenters. The van der Waals surface area contributed by atoms with Crippen molar-refractivity contribution in [2.75, 3.05) is 0 Å². The van der Waals surface area contributed by atoms with E-state index in [1.54, 1.807) is 0 Å². The van der Waals surface area contributed by atoms with Crippen LogP contribution in [0, 0.1) is 11.3 Å². The van der Waals surface area contributed by atoms with E-state index in [1.807, 2.05) is 19.1 Å². The molecular weight excluding hydrogens is 204 g/mol. The van der Waals surface area contributed by atoms with Gasteiger partial charge in [0.05, 0.1) is 5.92 Å². The van der Waals surface area contributed by atoms with Gasteiger partial charge in [0.2, 0.25) is 11.8 Å². The summed E-state index contributed by atoms with van der Waals surface area (Å²) in [4.78, 5) is 23.1. The Morgan fingerprint density at radius 1 is 1.31 bits per heavy atom. The minimum Gasteiger partial charge on any atom is -0.369 e. The second-order valence-corrected chi connectivity index (χ2v) is 5.09. The SMILES string of the molecule is CC1(C(=O)N[C@@H]2CC=CC[C@H]2C(N)=O)CC1. The molecule has 0 aliphatic heterocycles. The van der Waals surface area contributed by atoms with Crippen LogP contribution in [0.4, 0.5) is 0 Å². The lowest BCUT2D eigenvalue weighted by Crippen LogP contribution is -2.48. The van der Waals surface area contributed by atoms with Crippen LogP contribution < -0.4 is 11.1 Å². The summed E-state index contributed by atoms with van der Waals surface area (Å²) in [6.07, 6.45) is 7.19. The molecule has 1 saturated carbocycles. The number of allylic oxidation sites excluding steroid dienone is 1. The molecule has 16 heavy (non-hydrogen) atoms. The largest absolute Gasteiger partial charge is 0.369 e. The smallest absolute Gasteiger partial charge is 0.226 e. The molecular formula is C12H18N2O2. The lowest BCUT2D eigenvalue weighted by molar-refractivity contribution is -0.128. The zero-order valence-electron chi connectivity index (χ0n) is 9.53. The Kier molecular flexibility index (Phi) is 2.74. The summed E-state index contributed by atoms with van der Waals surface area (Å²) in [5.74, 6) is -0.508. The normalized spacial score (nSPS) is 30.8. The number of rotatable bonds is 3. The first-order valence-corrected chi connectivity index (χ1v) is 5.78. The zero-order chi connectivity index (χ0) is 11.8. The summed E-state index contributed by atoms with van der Waals surface area (Å²) in [6.45, 7) is 1.96. The number of nitrogens with two attached hydrogens (primary N) is 1. The molecule has 4 heteroatoms. The Morgan fingerprint density at radius 3 is 2.50 bits per heavy atom. The van der Waals surface area contributed by atoms with Gasteiger partial charge in [-0.1, -0.05) is 19.1 Å². The molecule has 2 aliphatic carbocycles. The molecule has 3 N–H and O–H groups in total. The number of hydrogen-bond acceptors (Lipinski definition) is 2. The number of primary amides is 1. The topological polar surface area (TPSA) is 72.2 Å². The van der Waals surface area contributed by atoms with Gasteiger partial charge < -0.3 is 11.1 Å². The highest BCUT2D eigenvalue weighted by Crippen LogP contribution is 2.45. The van der Waals surface area contributed by atoms with E-state index < -0.39 is 0 Å². The van der Waals surface area contributed by atoms with Gasteiger partial charge in [0.15, 0.2) is 0 Å². The lowest BCUT2D eigenvalue weighted by Gasteiger charge is -2.28. The van der Waals surface area contributed by atoms with E-state index in [2.05, 4.69) is 5.32 Å². The fourth-order valence-corrected chi connectivity index (χ4v) is 2.05. The first kappa shape index (κ1) is 11.2. The number of carbonyl (C=O) groups excluding carboxylic acids is 2. The van der Waals surface area contributed by atoms with E-state index in [0.29, 0.717) is 12.8 Å². The molecule has 1 fully saturated rings. The minimum absolute atomic E-state index is 0.0686. The lowest BCUT2D eigenvalue weighted by atomic mass is 9.88. The van der Waals surface area contributed by atoms with Gasteiger partial charge in [-0.05, 0) is 25.7 Å². The van der Waals surface area contributed by atoms with E-state index in [9.17, 15) is 9.59 Å². The maximum absolute atomic E-state index is 11.9. The first-order valence-electron chi connectivity index (χ1n) is 5.78. The van der Waals surface area contributed by atoms with Crippen molar-refractivity contribution >= 4 is 11.8 Å². The number of amides is 2. The summed E-state index contributed by atoms with van der Waals surface area (Å²) < 4.78 is 0. The van der Waals surface area contributed by atoms with E-state index in [-0.39, 0.29) is 29.2 Å². The third kappa shape index (κ3) is 2.10. The molecule has 0 bridgehead atoms. The Balaban J connectivity index is 1.99. The van der Waals surface area contributed by atoms with E-state index in [0.717, 1.165) is 12.8 Å². The fourth-order valence-electron chi connectivity index (χ4n) is 2.05. The highest BCUT2D eigenvalue weighted by atomic mass is 16.2. The molecule has 2 aliphatic rings. The molecule has 0 aromatic rings. The zero-order valence-corrected chi connectivity index (χ0v) is 9.53. The van der Waals surface area contributed by atoms with Crippen LogP contribution in [0.1, 0.15) is 32.6 Å². The van der Waals surface area contributed by atoms with Gasteiger partial charge in [-0.15, -0.1) is 0 Å². The van der Waals surface area contributed by atoms with Crippen molar-refractivity contribution < 1.29 is 9.59 Å². The molecule has 88 valence electrons. The van der Waals surface area contributed by atoms with Crippen LogP contribution in [0.25, 0.3) is 0 Å². The Labute approximate surface area is 95.3 Å². The first-order chi connectivity index (χ1) is 7.53. The average Bonchev–Trinajstić information content (AvgIpc) is 2.98. The van der Waals surface area contributed by atoms with Gasteiger partial charge in [-0.2, -0.15) is 0 Å². The maximum atomic E-state index is 11.9. The molecule has 0 saturated heterocycles. The number of nitrogens with one attached hydrogen (secondary N) is 1. The van der Waals surface area contributed by atoms with Crippen LogP contribution >= 0.6 is 0 Å². The fraction of sp³-hybridized carbons (Fsp3) is 0.667. The Morgan fingerprint density at radius 2 is 1.94 bits per heavy atom. The van der Waals surface area contributed by atoms with Crippen LogP contribution in [0.3, 0.4) is 0 Å². The van der Waals surface area contributed by atoms with Crippen molar-refractivity contribution in [3.05, 3.63) is 12.2 Å². The second-order valence-electron chi connectivity index (χ2n) is 5.09.